The van der Waals surface area contributed by atoms with Crippen LogP contribution in [0.2, 0.25) is 0 Å². The molecule has 29 heavy (non-hydrogen) atoms. The zero-order chi connectivity index (χ0) is 21.8. The van der Waals surface area contributed by atoms with Gasteiger partial charge in [-0.3, -0.25) is 4.68 Å². The van der Waals surface area contributed by atoms with Crippen LogP contribution in [0, 0.1) is 11.3 Å². The molecule has 7 nitrogen and oxygen atoms in total. The van der Waals surface area contributed by atoms with E-state index < -0.39 is 11.7 Å². The van der Waals surface area contributed by atoms with Gasteiger partial charge in [0.15, 0.2) is 0 Å². The maximum atomic E-state index is 12.7. The Morgan fingerprint density at radius 2 is 1.97 bits per heavy atom. The Morgan fingerprint density at radius 3 is 2.48 bits per heavy atom. The van der Waals surface area contributed by atoms with Crippen LogP contribution >= 0.6 is 0 Å². The van der Waals surface area contributed by atoms with E-state index in [1.165, 1.54) is 4.68 Å². The molecule has 1 aromatic carbocycles. The monoisotopic (exact) mass is 395 g/mol. The first-order valence-electron chi connectivity index (χ1n) is 9.91. The fourth-order valence-corrected chi connectivity index (χ4v) is 2.99. The number of carbonyl (C=O) groups is 1. The number of hydrogen-bond acceptors (Lipinski definition) is 5. The molecule has 0 unspecified atom stereocenters. The van der Waals surface area contributed by atoms with Crippen molar-refractivity contribution in [2.45, 2.75) is 60.0 Å². The summed E-state index contributed by atoms with van der Waals surface area (Å²) in [7, 11) is 1.83. The van der Waals surface area contributed by atoms with Crippen molar-refractivity contribution in [1.29, 1.82) is 5.26 Å². The summed E-state index contributed by atoms with van der Waals surface area (Å²) in [6, 6.07) is 5.90. The molecule has 7 heteroatoms. The number of aryl methyl sites for hydroxylation is 2. The van der Waals surface area contributed by atoms with Crippen LogP contribution in [-0.2, 0) is 18.2 Å². The van der Waals surface area contributed by atoms with Crippen molar-refractivity contribution < 1.29 is 9.53 Å². The first-order chi connectivity index (χ1) is 13.7. The van der Waals surface area contributed by atoms with Gasteiger partial charge in [-0.15, -0.1) is 0 Å². The molecule has 0 aliphatic heterocycles. The average Bonchev–Trinajstić information content (AvgIpc) is 3.25. The van der Waals surface area contributed by atoms with E-state index in [-0.39, 0.29) is 0 Å². The van der Waals surface area contributed by atoms with Gasteiger partial charge in [0, 0.05) is 24.2 Å². The standard InChI is InChI=1S/C20H23N5O2.C2H6/c1-6-7-13-8-16-17(9-14(13)10-21)25(19(26)27-20(2,3)4)23-18(16)15-11-22-24(5)12-15;1-2/h8-9,11-12H,6-7H2,1-5H3;1-2H3. The molecule has 0 atom stereocenters. The minimum absolute atomic E-state index is 0.548. The number of benzene rings is 1. The molecule has 0 amide bonds. The van der Waals surface area contributed by atoms with Gasteiger partial charge in [-0.1, -0.05) is 27.2 Å². The van der Waals surface area contributed by atoms with Crippen molar-refractivity contribution in [3.05, 3.63) is 35.7 Å². The van der Waals surface area contributed by atoms with Gasteiger partial charge in [0.1, 0.15) is 11.3 Å². The van der Waals surface area contributed by atoms with Crippen LogP contribution in [0.4, 0.5) is 4.79 Å². The summed E-state index contributed by atoms with van der Waals surface area (Å²) in [5.41, 5.74) is 2.85. The lowest BCUT2D eigenvalue weighted by atomic mass is 10.00. The van der Waals surface area contributed by atoms with Gasteiger partial charge in [0.25, 0.3) is 0 Å². The minimum Gasteiger partial charge on any atom is -0.442 e. The van der Waals surface area contributed by atoms with Crippen LogP contribution in [-0.4, -0.2) is 31.3 Å². The highest BCUT2D eigenvalue weighted by atomic mass is 16.6. The summed E-state index contributed by atoms with van der Waals surface area (Å²) in [5.74, 6) is 0. The molecule has 3 aromatic rings. The number of carbonyl (C=O) groups excluding carboxylic acids is 1. The smallest absolute Gasteiger partial charge is 0.435 e. The van der Waals surface area contributed by atoms with Crippen molar-refractivity contribution >= 4 is 17.0 Å². The Balaban J connectivity index is 0.00000145. The lowest BCUT2D eigenvalue weighted by Crippen LogP contribution is -2.27. The molecule has 154 valence electrons. The van der Waals surface area contributed by atoms with Gasteiger partial charge in [0.05, 0.1) is 23.3 Å². The second-order valence-electron chi connectivity index (χ2n) is 7.53. The summed E-state index contributed by atoms with van der Waals surface area (Å²) in [6.45, 7) is 11.5. The van der Waals surface area contributed by atoms with E-state index >= 15 is 0 Å². The third-order valence-corrected chi connectivity index (χ3v) is 4.09. The van der Waals surface area contributed by atoms with E-state index in [4.69, 9.17) is 4.74 Å². The topological polar surface area (TPSA) is 85.7 Å². The maximum absolute atomic E-state index is 12.7. The van der Waals surface area contributed by atoms with Crippen LogP contribution < -0.4 is 0 Å². The van der Waals surface area contributed by atoms with E-state index in [0.29, 0.717) is 16.8 Å². The van der Waals surface area contributed by atoms with Crippen LogP contribution in [0.5, 0.6) is 0 Å². The molecule has 0 radical (unpaired) electrons. The highest BCUT2D eigenvalue weighted by Crippen LogP contribution is 2.31. The third-order valence-electron chi connectivity index (χ3n) is 4.09. The van der Waals surface area contributed by atoms with Crippen LogP contribution in [0.15, 0.2) is 24.5 Å². The molecular weight excluding hydrogens is 366 g/mol. The molecule has 0 aliphatic rings. The van der Waals surface area contributed by atoms with Crippen molar-refractivity contribution in [2.24, 2.45) is 7.05 Å². The molecule has 0 fully saturated rings. The molecule has 0 N–H and O–H groups in total. The number of fused-ring (bicyclic) bond motifs is 1. The quantitative estimate of drug-likeness (QED) is 0.618. The molecule has 0 aliphatic carbocycles. The lowest BCUT2D eigenvalue weighted by molar-refractivity contribution is 0.0523. The van der Waals surface area contributed by atoms with Crippen molar-refractivity contribution in [1.82, 2.24) is 19.6 Å². The van der Waals surface area contributed by atoms with Crippen LogP contribution in [0.3, 0.4) is 0 Å². The van der Waals surface area contributed by atoms with Gasteiger partial charge in [-0.25, -0.2) is 4.79 Å². The summed E-state index contributed by atoms with van der Waals surface area (Å²) in [5, 5.41) is 19.1. The molecule has 0 bridgehead atoms. The van der Waals surface area contributed by atoms with Crippen LogP contribution in [0.1, 0.15) is 59.1 Å². The zero-order valence-corrected chi connectivity index (χ0v) is 18.3. The number of rotatable bonds is 3. The third kappa shape index (κ3) is 4.83. The van der Waals surface area contributed by atoms with Gasteiger partial charge in [-0.2, -0.15) is 20.1 Å². The first-order valence-corrected chi connectivity index (χ1v) is 9.91. The summed E-state index contributed by atoms with van der Waals surface area (Å²) in [4.78, 5) is 12.7. The second kappa shape index (κ2) is 8.91. The number of nitriles is 1. The number of nitrogens with zero attached hydrogens (tertiary/aromatic N) is 5. The average molecular weight is 396 g/mol. The highest BCUT2D eigenvalue weighted by Gasteiger charge is 2.24. The lowest BCUT2D eigenvalue weighted by Gasteiger charge is -2.19. The molecular formula is C22H29N5O2. The normalized spacial score (nSPS) is 11.0. The van der Waals surface area contributed by atoms with Gasteiger partial charge >= 0.3 is 6.09 Å². The van der Waals surface area contributed by atoms with Crippen molar-refractivity contribution in [2.75, 3.05) is 0 Å². The molecule has 2 heterocycles. The number of hydrogen-bond donors (Lipinski definition) is 0. The SMILES string of the molecule is CC.CCCc1cc2c(-c3cnn(C)c3)nn(C(=O)OC(C)(C)C)c2cc1C#N. The van der Waals surface area contributed by atoms with E-state index in [1.807, 2.05) is 33.2 Å². The largest absolute Gasteiger partial charge is 0.442 e. The Bertz CT molecular complexity index is 1050. The van der Waals surface area contributed by atoms with Crippen molar-refractivity contribution in [3.8, 4) is 17.3 Å². The number of ether oxygens (including phenoxy) is 1. The fraction of sp³-hybridized carbons (Fsp3) is 0.455. The summed E-state index contributed by atoms with van der Waals surface area (Å²) in [6.07, 6.45) is 4.68. The fourth-order valence-electron chi connectivity index (χ4n) is 2.99. The van der Waals surface area contributed by atoms with Gasteiger partial charge in [0.2, 0.25) is 0 Å². The van der Waals surface area contributed by atoms with Gasteiger partial charge < -0.3 is 4.74 Å². The van der Waals surface area contributed by atoms with E-state index in [2.05, 4.69) is 23.2 Å². The Kier molecular flexibility index (Phi) is 6.80. The molecule has 0 spiro atoms. The van der Waals surface area contributed by atoms with E-state index in [1.54, 1.807) is 37.7 Å². The molecule has 0 saturated heterocycles. The van der Waals surface area contributed by atoms with E-state index in [0.717, 1.165) is 29.4 Å². The van der Waals surface area contributed by atoms with E-state index in [9.17, 15) is 10.1 Å². The van der Waals surface area contributed by atoms with Crippen LogP contribution in [0.25, 0.3) is 22.2 Å². The second-order valence-corrected chi connectivity index (χ2v) is 7.53. The molecule has 2 aromatic heterocycles. The highest BCUT2D eigenvalue weighted by molar-refractivity contribution is 5.98. The molecule has 0 saturated carbocycles. The summed E-state index contributed by atoms with van der Waals surface area (Å²) >= 11 is 0. The molecule has 3 rings (SSSR count). The minimum atomic E-state index is -0.649. The Morgan fingerprint density at radius 1 is 1.28 bits per heavy atom. The summed E-state index contributed by atoms with van der Waals surface area (Å²) < 4.78 is 8.42. The maximum Gasteiger partial charge on any atom is 0.435 e. The van der Waals surface area contributed by atoms with Crippen molar-refractivity contribution in [3.63, 3.8) is 0 Å². The Hall–Kier alpha value is -3.14. The van der Waals surface area contributed by atoms with Gasteiger partial charge in [-0.05, 0) is 44.9 Å². The number of aromatic nitrogens is 4. The first kappa shape index (κ1) is 22.2. The predicted octanol–water partition coefficient (Wildman–Crippen LogP) is 5.07. The Labute approximate surface area is 171 Å². The predicted molar refractivity (Wildman–Crippen MR) is 114 cm³/mol. The zero-order valence-electron chi connectivity index (χ0n) is 18.3.